The summed E-state index contributed by atoms with van der Waals surface area (Å²) < 4.78 is 1.85. The van der Waals surface area contributed by atoms with E-state index in [0.29, 0.717) is 56.0 Å². The van der Waals surface area contributed by atoms with Crippen LogP contribution in [0.5, 0.6) is 5.75 Å². The number of nitrogens with two attached hydrogens (primary N) is 2. The highest BCUT2D eigenvalue weighted by Crippen LogP contribution is 2.39. The molecular formula is C43H57N9O4. The molecular weight excluding hydrogens is 707 g/mol. The summed E-state index contributed by atoms with van der Waals surface area (Å²) in [4.78, 5) is 47.8. The predicted octanol–water partition coefficient (Wildman–Crippen LogP) is 3.62. The van der Waals surface area contributed by atoms with Crippen LogP contribution < -0.4 is 21.7 Å². The number of imide groups is 1. The highest BCUT2D eigenvalue weighted by atomic mass is 16.3. The summed E-state index contributed by atoms with van der Waals surface area (Å²) in [6, 6.07) is 17.5. The van der Waals surface area contributed by atoms with E-state index < -0.39 is 5.41 Å². The van der Waals surface area contributed by atoms with Gasteiger partial charge in [0, 0.05) is 102 Å². The highest BCUT2D eigenvalue weighted by molar-refractivity contribution is 6.01. The maximum Gasteiger partial charge on any atom is 0.234 e. The first-order valence-electron chi connectivity index (χ1n) is 20.2. The second kappa shape index (κ2) is 16.8. The molecule has 4 fully saturated rings. The van der Waals surface area contributed by atoms with Crippen molar-refractivity contribution in [2.45, 2.75) is 68.7 Å². The lowest BCUT2D eigenvalue weighted by Crippen LogP contribution is -2.56. The van der Waals surface area contributed by atoms with E-state index in [9.17, 15) is 19.5 Å². The molecule has 7 rings (SSSR count). The first-order valence-corrected chi connectivity index (χ1v) is 20.2. The number of hydrogen-bond donors (Lipinski definition) is 4. The number of benzene rings is 2. The Bertz CT molecular complexity index is 1930. The fraction of sp³-hybridized carbons (Fsp3) is 0.488. The molecule has 0 unspecified atom stereocenters. The Labute approximate surface area is 330 Å². The van der Waals surface area contributed by atoms with E-state index in [-0.39, 0.29) is 35.4 Å². The molecule has 1 aromatic heterocycles. The van der Waals surface area contributed by atoms with Crippen molar-refractivity contribution in [1.82, 2.24) is 29.8 Å². The van der Waals surface area contributed by atoms with Crippen LogP contribution in [-0.4, -0.2) is 106 Å². The average molecular weight is 764 g/mol. The number of nitrogens with one attached hydrogen (secondary N) is 1. The molecule has 4 aliphatic heterocycles. The lowest BCUT2D eigenvalue weighted by Gasteiger charge is -2.46. The number of aromatic nitrogens is 2. The van der Waals surface area contributed by atoms with Crippen molar-refractivity contribution in [3.05, 3.63) is 95.6 Å². The van der Waals surface area contributed by atoms with Crippen LogP contribution in [0, 0.1) is 5.92 Å². The third kappa shape index (κ3) is 8.14. The molecule has 3 aromatic rings. The van der Waals surface area contributed by atoms with Crippen LogP contribution >= 0.6 is 0 Å². The van der Waals surface area contributed by atoms with Gasteiger partial charge >= 0.3 is 0 Å². The van der Waals surface area contributed by atoms with E-state index >= 15 is 0 Å². The number of carbonyl (C=O) groups is 3. The zero-order valence-electron chi connectivity index (χ0n) is 32.8. The first-order chi connectivity index (χ1) is 27.1. The zero-order chi connectivity index (χ0) is 39.4. The summed E-state index contributed by atoms with van der Waals surface area (Å²) in [5.41, 5.74) is 16.6. The fourth-order valence-corrected chi connectivity index (χ4v) is 9.43. The molecule has 2 aromatic carbocycles. The minimum absolute atomic E-state index is 0.112. The van der Waals surface area contributed by atoms with E-state index in [1.54, 1.807) is 36.7 Å². The minimum Gasteiger partial charge on any atom is -0.507 e. The van der Waals surface area contributed by atoms with Crippen LogP contribution in [0.2, 0.25) is 0 Å². The zero-order valence-corrected chi connectivity index (χ0v) is 32.8. The van der Waals surface area contributed by atoms with E-state index in [0.717, 1.165) is 75.4 Å². The Kier molecular flexibility index (Phi) is 11.7. The Morgan fingerprint density at radius 3 is 2.29 bits per heavy atom. The monoisotopic (exact) mass is 763 g/mol. The van der Waals surface area contributed by atoms with Gasteiger partial charge in [0.1, 0.15) is 5.75 Å². The summed E-state index contributed by atoms with van der Waals surface area (Å²) in [6.07, 6.45) is 11.5. The smallest absolute Gasteiger partial charge is 0.234 e. The quantitative estimate of drug-likeness (QED) is 0.177. The van der Waals surface area contributed by atoms with Crippen molar-refractivity contribution >= 4 is 29.1 Å². The maximum absolute atomic E-state index is 14.7. The van der Waals surface area contributed by atoms with E-state index in [1.807, 2.05) is 47.9 Å². The van der Waals surface area contributed by atoms with Gasteiger partial charge in [-0.3, -0.25) is 24.4 Å². The molecule has 298 valence electrons. The third-order valence-corrected chi connectivity index (χ3v) is 12.8. The predicted molar refractivity (Wildman–Crippen MR) is 217 cm³/mol. The average Bonchev–Trinajstić information content (AvgIpc) is 3.66. The number of nitrogens with zero attached hydrogens (tertiary/aromatic N) is 6. The SMILES string of the molecule is CN(C(=O)C1(c2ccnn2C)CCN(C(/C=C(\N)c2ccccc2O)=C/N)CC1)C1CCN(CC2CCN(c3ccc([C@H]4CCC(=O)NC4=O)cc3)CC2)CC1. The molecule has 1 atom stereocenters. The number of para-hydroxylation sites is 1. The molecule has 0 radical (unpaired) electrons. The molecule has 0 aliphatic carbocycles. The van der Waals surface area contributed by atoms with Crippen molar-refractivity contribution in [2.24, 2.45) is 24.4 Å². The molecule has 5 heterocycles. The van der Waals surface area contributed by atoms with Crippen LogP contribution in [0.25, 0.3) is 5.70 Å². The van der Waals surface area contributed by atoms with Crippen molar-refractivity contribution in [3.63, 3.8) is 0 Å². The van der Waals surface area contributed by atoms with Gasteiger partial charge in [0.2, 0.25) is 17.7 Å². The number of piperidine rings is 4. The van der Waals surface area contributed by atoms with Gasteiger partial charge in [-0.2, -0.15) is 5.10 Å². The van der Waals surface area contributed by atoms with Gasteiger partial charge in [-0.05, 0) is 92.8 Å². The number of phenols is 1. The number of carbonyl (C=O) groups excluding carboxylic acids is 3. The summed E-state index contributed by atoms with van der Waals surface area (Å²) in [6.45, 7) is 6.28. The normalized spacial score (nSPS) is 21.9. The van der Waals surface area contributed by atoms with Crippen molar-refractivity contribution < 1.29 is 19.5 Å². The van der Waals surface area contributed by atoms with E-state index in [1.165, 1.54) is 5.69 Å². The third-order valence-electron chi connectivity index (χ3n) is 12.8. The van der Waals surface area contributed by atoms with Gasteiger partial charge in [-0.1, -0.05) is 24.3 Å². The molecule has 13 nitrogen and oxygen atoms in total. The van der Waals surface area contributed by atoms with Crippen LogP contribution in [-0.2, 0) is 26.8 Å². The second-order valence-corrected chi connectivity index (χ2v) is 16.1. The lowest BCUT2D eigenvalue weighted by atomic mass is 9.73. The summed E-state index contributed by atoms with van der Waals surface area (Å²) in [7, 11) is 3.90. The number of hydrogen-bond acceptors (Lipinski definition) is 10. The number of amides is 3. The lowest BCUT2D eigenvalue weighted by molar-refractivity contribution is -0.141. The molecule has 0 bridgehead atoms. The molecule has 4 saturated heterocycles. The number of rotatable bonds is 10. The molecule has 3 amide bonds. The summed E-state index contributed by atoms with van der Waals surface area (Å²) in [5.74, 6) is 0.268. The van der Waals surface area contributed by atoms with Crippen LogP contribution in [0.3, 0.4) is 0 Å². The van der Waals surface area contributed by atoms with Crippen molar-refractivity contribution in [3.8, 4) is 5.75 Å². The highest BCUT2D eigenvalue weighted by Gasteiger charge is 2.48. The number of aromatic hydroxyl groups is 1. The minimum atomic E-state index is -0.709. The van der Waals surface area contributed by atoms with Crippen LogP contribution in [0.15, 0.2) is 78.8 Å². The van der Waals surface area contributed by atoms with Gasteiger partial charge in [-0.15, -0.1) is 0 Å². The van der Waals surface area contributed by atoms with Crippen molar-refractivity contribution in [1.29, 1.82) is 0 Å². The molecule has 6 N–H and O–H groups in total. The summed E-state index contributed by atoms with van der Waals surface area (Å²) in [5, 5.41) is 17.3. The largest absolute Gasteiger partial charge is 0.507 e. The van der Waals surface area contributed by atoms with Crippen molar-refractivity contribution in [2.75, 3.05) is 57.8 Å². The fourth-order valence-electron chi connectivity index (χ4n) is 9.43. The Morgan fingerprint density at radius 2 is 1.66 bits per heavy atom. The van der Waals surface area contributed by atoms with E-state index in [4.69, 9.17) is 11.5 Å². The molecule has 0 saturated carbocycles. The second-order valence-electron chi connectivity index (χ2n) is 16.1. The molecule has 0 spiro atoms. The van der Waals surface area contributed by atoms with Gasteiger partial charge in [0.15, 0.2) is 0 Å². The number of allylic oxidation sites excluding steroid dienone is 1. The Hall–Kier alpha value is -5.30. The first kappa shape index (κ1) is 39.0. The number of anilines is 1. The number of likely N-dealkylation sites (tertiary alicyclic amines) is 2. The molecule has 13 heteroatoms. The summed E-state index contributed by atoms with van der Waals surface area (Å²) >= 11 is 0. The van der Waals surface area contributed by atoms with Gasteiger partial charge in [0.05, 0.1) is 22.7 Å². The van der Waals surface area contributed by atoms with Gasteiger partial charge in [-0.25, -0.2) is 0 Å². The standard InChI is InChI=1S/C43H57N9O4/c1-48(42(56)43(39-13-20-46-49(39)2)18-25-52(26-19-43)34(28-44)27-37(45)36-5-3-4-6-38(36)53)32-16-21-50(22-17-32)29-30-14-23-51(24-15-30)33-9-7-31(8-10-33)35-11-12-40(54)47-41(35)55/h3-10,13,20,27-28,30,32,35,53H,11-12,14-19,21-26,29,44-45H2,1-2H3,(H,47,54,55)/b34-28+,37-27-/t35-/m1/s1. The molecule has 4 aliphatic rings. The van der Waals surface area contributed by atoms with E-state index in [2.05, 4.69) is 37.2 Å². The number of likely N-dealkylation sites (N-methyl/N-ethyl adjacent to an activating group) is 1. The molecule has 56 heavy (non-hydrogen) atoms. The van der Waals surface area contributed by atoms with Gasteiger partial charge < -0.3 is 36.2 Å². The van der Waals surface area contributed by atoms with Crippen LogP contribution in [0.4, 0.5) is 5.69 Å². The number of phenolic OH excluding ortho intramolecular Hbond substituents is 1. The topological polar surface area (TPSA) is 166 Å². The maximum atomic E-state index is 14.7. The Morgan fingerprint density at radius 1 is 0.964 bits per heavy atom. The van der Waals surface area contributed by atoms with Crippen LogP contribution in [0.1, 0.15) is 74.1 Å². The number of aryl methyl sites for hydroxylation is 1. The Balaban J connectivity index is 0.914. The van der Waals surface area contributed by atoms with Gasteiger partial charge in [0.25, 0.3) is 0 Å².